The first kappa shape index (κ1) is 20.0. The van der Waals surface area contributed by atoms with Gasteiger partial charge >= 0.3 is 0 Å². The van der Waals surface area contributed by atoms with Crippen LogP contribution in [0.5, 0.6) is 5.75 Å². The number of ether oxygens (including phenoxy) is 1. The van der Waals surface area contributed by atoms with Crippen LogP contribution in [0.2, 0.25) is 5.02 Å². The Bertz CT molecular complexity index is 514. The fraction of sp³-hybridized carbons (Fsp3) is 0.562. The van der Waals surface area contributed by atoms with Gasteiger partial charge in [0.1, 0.15) is 5.75 Å². The molecule has 1 fully saturated rings. The molecule has 5 nitrogen and oxygen atoms in total. The minimum atomic E-state index is 0. The quantitative estimate of drug-likeness (QED) is 0.813. The average molecular weight is 362 g/mol. The van der Waals surface area contributed by atoms with Crippen molar-refractivity contribution < 1.29 is 9.53 Å². The van der Waals surface area contributed by atoms with Gasteiger partial charge in [-0.2, -0.15) is 0 Å². The fourth-order valence-corrected chi connectivity index (χ4v) is 3.09. The second-order valence-electron chi connectivity index (χ2n) is 5.57. The first-order valence-electron chi connectivity index (χ1n) is 7.67. The molecule has 0 bridgehead atoms. The Morgan fingerprint density at radius 2 is 2.30 bits per heavy atom. The van der Waals surface area contributed by atoms with Gasteiger partial charge in [-0.1, -0.05) is 17.7 Å². The zero-order valence-corrected chi connectivity index (χ0v) is 15.0. The molecule has 130 valence electrons. The first-order chi connectivity index (χ1) is 10.7. The number of rotatable bonds is 6. The van der Waals surface area contributed by atoms with E-state index in [1.807, 2.05) is 18.2 Å². The number of nitrogens with zero attached hydrogens (tertiary/aromatic N) is 1. The van der Waals surface area contributed by atoms with Crippen LogP contribution in [-0.2, 0) is 11.3 Å². The van der Waals surface area contributed by atoms with Gasteiger partial charge in [-0.05, 0) is 31.5 Å². The predicted octanol–water partition coefficient (Wildman–Crippen LogP) is 2.06. The summed E-state index contributed by atoms with van der Waals surface area (Å²) in [6.45, 7) is 3.41. The molecule has 1 aromatic rings. The molecule has 7 heteroatoms. The van der Waals surface area contributed by atoms with Crippen LogP contribution < -0.4 is 15.8 Å². The van der Waals surface area contributed by atoms with Crippen LogP contribution in [-0.4, -0.2) is 44.1 Å². The average Bonchev–Trinajstić information content (AvgIpc) is 2.54. The van der Waals surface area contributed by atoms with Crippen LogP contribution in [0.1, 0.15) is 18.4 Å². The molecule has 1 atom stereocenters. The Morgan fingerprint density at radius 3 is 3.00 bits per heavy atom. The number of hydrogen-bond donors (Lipinski definition) is 2. The van der Waals surface area contributed by atoms with Gasteiger partial charge in [-0.3, -0.25) is 9.69 Å². The van der Waals surface area contributed by atoms with Gasteiger partial charge in [0.2, 0.25) is 5.91 Å². The van der Waals surface area contributed by atoms with Crippen LogP contribution >= 0.6 is 24.0 Å². The van der Waals surface area contributed by atoms with Crippen LogP contribution in [0.3, 0.4) is 0 Å². The SMILES string of the molecule is COc1cccc(Cl)c1CN1CCCC(C(=O)NCCN)C1.Cl. The summed E-state index contributed by atoms with van der Waals surface area (Å²) in [6.07, 6.45) is 1.93. The largest absolute Gasteiger partial charge is 0.496 e. The van der Waals surface area contributed by atoms with Crippen molar-refractivity contribution in [3.8, 4) is 5.75 Å². The molecule has 1 unspecified atom stereocenters. The van der Waals surface area contributed by atoms with Crippen molar-refractivity contribution >= 4 is 29.9 Å². The monoisotopic (exact) mass is 361 g/mol. The highest BCUT2D eigenvalue weighted by molar-refractivity contribution is 6.31. The van der Waals surface area contributed by atoms with Gasteiger partial charge in [0.25, 0.3) is 0 Å². The van der Waals surface area contributed by atoms with Crippen LogP contribution in [0.15, 0.2) is 18.2 Å². The van der Waals surface area contributed by atoms with E-state index >= 15 is 0 Å². The molecule has 1 aliphatic heterocycles. The Labute approximate surface area is 148 Å². The molecular weight excluding hydrogens is 337 g/mol. The number of likely N-dealkylation sites (tertiary alicyclic amines) is 1. The molecular formula is C16H25Cl2N3O2. The highest BCUT2D eigenvalue weighted by Crippen LogP contribution is 2.29. The van der Waals surface area contributed by atoms with E-state index in [1.165, 1.54) is 0 Å². The van der Waals surface area contributed by atoms with E-state index in [2.05, 4.69) is 10.2 Å². The number of nitrogens with one attached hydrogen (secondary N) is 1. The van der Waals surface area contributed by atoms with E-state index in [0.29, 0.717) is 24.7 Å². The normalized spacial score (nSPS) is 18.1. The third-order valence-electron chi connectivity index (χ3n) is 4.00. The third-order valence-corrected chi connectivity index (χ3v) is 4.35. The summed E-state index contributed by atoms with van der Waals surface area (Å²) in [5.41, 5.74) is 6.41. The molecule has 0 aromatic heterocycles. The van der Waals surface area contributed by atoms with Crippen molar-refractivity contribution in [1.29, 1.82) is 0 Å². The molecule has 1 amide bonds. The summed E-state index contributed by atoms with van der Waals surface area (Å²) in [5.74, 6) is 0.914. The Balaban J connectivity index is 0.00000264. The Hall–Kier alpha value is -1.01. The first-order valence-corrected chi connectivity index (χ1v) is 8.05. The van der Waals surface area contributed by atoms with Crippen molar-refractivity contribution in [3.05, 3.63) is 28.8 Å². The van der Waals surface area contributed by atoms with Gasteiger partial charge in [0.15, 0.2) is 0 Å². The zero-order chi connectivity index (χ0) is 15.9. The van der Waals surface area contributed by atoms with Gasteiger partial charge < -0.3 is 15.8 Å². The minimum absolute atomic E-state index is 0. The standard InChI is InChI=1S/C16H24ClN3O2.ClH/c1-22-15-6-2-5-14(17)13(15)11-20-9-3-4-12(10-20)16(21)19-8-7-18;/h2,5-6,12H,3-4,7-11,18H2,1H3,(H,19,21);1H. The molecule has 0 radical (unpaired) electrons. The summed E-state index contributed by atoms with van der Waals surface area (Å²) < 4.78 is 5.39. The van der Waals surface area contributed by atoms with Crippen LogP contribution in [0.25, 0.3) is 0 Å². The summed E-state index contributed by atoms with van der Waals surface area (Å²) in [6, 6.07) is 5.66. The molecule has 1 saturated heterocycles. The minimum Gasteiger partial charge on any atom is -0.496 e. The Morgan fingerprint density at radius 1 is 1.52 bits per heavy atom. The molecule has 1 aromatic carbocycles. The summed E-state index contributed by atoms with van der Waals surface area (Å²) >= 11 is 6.30. The number of amides is 1. The second-order valence-corrected chi connectivity index (χ2v) is 5.98. The third kappa shape index (κ3) is 5.53. The fourth-order valence-electron chi connectivity index (χ4n) is 2.86. The number of carbonyl (C=O) groups excluding carboxylic acids is 1. The number of benzene rings is 1. The van der Waals surface area contributed by atoms with Crippen molar-refractivity contribution in [1.82, 2.24) is 10.2 Å². The highest BCUT2D eigenvalue weighted by atomic mass is 35.5. The van der Waals surface area contributed by atoms with Gasteiger partial charge in [0, 0.05) is 36.8 Å². The zero-order valence-electron chi connectivity index (χ0n) is 13.4. The van der Waals surface area contributed by atoms with E-state index in [0.717, 1.165) is 37.2 Å². The lowest BCUT2D eigenvalue weighted by atomic mass is 9.96. The number of carbonyl (C=O) groups is 1. The van der Waals surface area contributed by atoms with E-state index in [-0.39, 0.29) is 24.2 Å². The molecule has 1 aliphatic rings. The van der Waals surface area contributed by atoms with E-state index in [4.69, 9.17) is 22.1 Å². The lowest BCUT2D eigenvalue weighted by molar-refractivity contribution is -0.126. The predicted molar refractivity (Wildman–Crippen MR) is 95.3 cm³/mol. The summed E-state index contributed by atoms with van der Waals surface area (Å²) in [4.78, 5) is 14.4. The molecule has 0 aliphatic carbocycles. The highest BCUT2D eigenvalue weighted by Gasteiger charge is 2.26. The molecule has 0 saturated carbocycles. The topological polar surface area (TPSA) is 67.6 Å². The van der Waals surface area contributed by atoms with Gasteiger partial charge in [-0.25, -0.2) is 0 Å². The second kappa shape index (κ2) is 9.98. The maximum Gasteiger partial charge on any atom is 0.224 e. The molecule has 1 heterocycles. The number of piperidine rings is 1. The van der Waals surface area contributed by atoms with Crippen molar-refractivity contribution in [3.63, 3.8) is 0 Å². The summed E-state index contributed by atoms with van der Waals surface area (Å²) in [7, 11) is 1.65. The maximum absolute atomic E-state index is 12.1. The van der Waals surface area contributed by atoms with Gasteiger partial charge in [-0.15, -0.1) is 12.4 Å². The summed E-state index contributed by atoms with van der Waals surface area (Å²) in [5, 5.41) is 3.58. The molecule has 2 rings (SSSR count). The number of nitrogens with two attached hydrogens (primary N) is 1. The number of methoxy groups -OCH3 is 1. The molecule has 3 N–H and O–H groups in total. The number of halogens is 2. The molecule has 0 spiro atoms. The van der Waals surface area contributed by atoms with E-state index < -0.39 is 0 Å². The van der Waals surface area contributed by atoms with E-state index in [9.17, 15) is 4.79 Å². The maximum atomic E-state index is 12.1. The van der Waals surface area contributed by atoms with Crippen LogP contribution in [0, 0.1) is 5.92 Å². The lowest BCUT2D eigenvalue weighted by Crippen LogP contribution is -2.43. The van der Waals surface area contributed by atoms with Gasteiger partial charge in [0.05, 0.1) is 13.0 Å². The number of hydrogen-bond acceptors (Lipinski definition) is 4. The van der Waals surface area contributed by atoms with Crippen molar-refractivity contribution in [2.45, 2.75) is 19.4 Å². The van der Waals surface area contributed by atoms with Crippen molar-refractivity contribution in [2.75, 3.05) is 33.3 Å². The lowest BCUT2D eigenvalue weighted by Gasteiger charge is -2.32. The van der Waals surface area contributed by atoms with Crippen LogP contribution in [0.4, 0.5) is 0 Å². The molecule has 23 heavy (non-hydrogen) atoms. The Kier molecular flexibility index (Phi) is 8.69. The van der Waals surface area contributed by atoms with E-state index in [1.54, 1.807) is 7.11 Å². The van der Waals surface area contributed by atoms with Crippen molar-refractivity contribution in [2.24, 2.45) is 11.7 Å². The smallest absolute Gasteiger partial charge is 0.224 e.